The molecule has 2 aliphatic rings. The van der Waals surface area contributed by atoms with Crippen molar-refractivity contribution in [2.75, 3.05) is 44.2 Å². The fourth-order valence-corrected chi connectivity index (χ4v) is 4.43. The smallest absolute Gasteiger partial charge is 0.126 e. The Hall–Kier alpha value is -2.05. The van der Waals surface area contributed by atoms with E-state index in [0.717, 1.165) is 63.9 Å². The van der Waals surface area contributed by atoms with Gasteiger partial charge in [-0.15, -0.1) is 0 Å². The van der Waals surface area contributed by atoms with Gasteiger partial charge in [0, 0.05) is 57.1 Å². The summed E-state index contributed by atoms with van der Waals surface area (Å²) in [6.07, 6.45) is 2.26. The number of nitrogens with zero attached hydrogens (tertiary/aromatic N) is 3. The van der Waals surface area contributed by atoms with Crippen LogP contribution in [0.3, 0.4) is 0 Å². The topological polar surface area (TPSA) is 9.72 Å². The summed E-state index contributed by atoms with van der Waals surface area (Å²) < 4.78 is 40.0. The second kappa shape index (κ2) is 8.53. The van der Waals surface area contributed by atoms with Gasteiger partial charge in [0.05, 0.1) is 0 Å². The molecule has 0 aliphatic carbocycles. The first-order chi connectivity index (χ1) is 13.6. The standard InChI is InChI=1S/C22H26F3N3/c23-18-3-5-21(6-4-18)27-8-10-28(11-9-27)22-2-1-7-26(16-22)15-17-12-19(24)14-20(25)13-17/h3-6,12-14,22H,1-2,7-11,15-16H2. The molecule has 0 spiro atoms. The third kappa shape index (κ3) is 4.67. The minimum atomic E-state index is -0.513. The summed E-state index contributed by atoms with van der Waals surface area (Å²) in [6.45, 7) is 6.28. The summed E-state index contributed by atoms with van der Waals surface area (Å²) in [6, 6.07) is 10.9. The van der Waals surface area contributed by atoms with Gasteiger partial charge in [0.15, 0.2) is 0 Å². The average Bonchev–Trinajstić information content (AvgIpc) is 2.68. The fraction of sp³-hybridized carbons (Fsp3) is 0.455. The van der Waals surface area contributed by atoms with Crippen molar-refractivity contribution in [3.63, 3.8) is 0 Å². The first-order valence-electron chi connectivity index (χ1n) is 9.99. The molecule has 150 valence electrons. The number of benzene rings is 2. The number of piperazine rings is 1. The van der Waals surface area contributed by atoms with Crippen LogP contribution in [0.1, 0.15) is 18.4 Å². The molecule has 0 N–H and O–H groups in total. The van der Waals surface area contributed by atoms with Crippen LogP contribution in [0.4, 0.5) is 18.9 Å². The van der Waals surface area contributed by atoms with Gasteiger partial charge in [0.1, 0.15) is 17.5 Å². The van der Waals surface area contributed by atoms with E-state index in [9.17, 15) is 13.2 Å². The third-order valence-electron chi connectivity index (χ3n) is 5.83. The quantitative estimate of drug-likeness (QED) is 0.786. The van der Waals surface area contributed by atoms with Crippen LogP contribution in [0.25, 0.3) is 0 Å². The lowest BCUT2D eigenvalue weighted by Gasteiger charge is -2.44. The lowest BCUT2D eigenvalue weighted by molar-refractivity contribution is 0.0887. The molecule has 2 aliphatic heterocycles. The van der Waals surface area contributed by atoms with E-state index in [-0.39, 0.29) is 5.82 Å². The SMILES string of the molecule is Fc1ccc(N2CCN(C3CCCN(Cc4cc(F)cc(F)c4)C3)CC2)cc1. The van der Waals surface area contributed by atoms with Crippen LogP contribution in [0.2, 0.25) is 0 Å². The van der Waals surface area contributed by atoms with E-state index in [1.165, 1.54) is 24.3 Å². The maximum Gasteiger partial charge on any atom is 0.126 e. The molecule has 0 radical (unpaired) electrons. The molecule has 2 aromatic rings. The Bertz CT molecular complexity index is 768. The molecule has 0 aromatic heterocycles. The third-order valence-corrected chi connectivity index (χ3v) is 5.83. The second-order valence-electron chi connectivity index (χ2n) is 7.81. The molecule has 1 unspecified atom stereocenters. The zero-order valence-electron chi connectivity index (χ0n) is 16.0. The number of likely N-dealkylation sites (tertiary alicyclic amines) is 1. The van der Waals surface area contributed by atoms with Crippen molar-refractivity contribution < 1.29 is 13.2 Å². The molecule has 0 saturated carbocycles. The van der Waals surface area contributed by atoms with Gasteiger partial charge >= 0.3 is 0 Å². The van der Waals surface area contributed by atoms with Crippen molar-refractivity contribution in [1.82, 2.24) is 9.80 Å². The molecule has 0 amide bonds. The lowest BCUT2D eigenvalue weighted by atomic mass is 10.0. The largest absolute Gasteiger partial charge is 0.369 e. The summed E-state index contributed by atoms with van der Waals surface area (Å²) in [5.41, 5.74) is 1.76. The zero-order valence-corrected chi connectivity index (χ0v) is 16.0. The Kier molecular flexibility index (Phi) is 5.87. The van der Waals surface area contributed by atoms with Gasteiger partial charge in [-0.3, -0.25) is 9.80 Å². The van der Waals surface area contributed by atoms with Crippen LogP contribution in [0.15, 0.2) is 42.5 Å². The summed E-state index contributed by atoms with van der Waals surface area (Å²) in [7, 11) is 0. The van der Waals surface area contributed by atoms with Crippen LogP contribution < -0.4 is 4.90 Å². The minimum absolute atomic E-state index is 0.206. The normalized spacial score (nSPS) is 21.8. The maximum atomic E-state index is 13.5. The van der Waals surface area contributed by atoms with Crippen molar-refractivity contribution in [1.29, 1.82) is 0 Å². The predicted octanol–water partition coefficient (Wildman–Crippen LogP) is 3.89. The summed E-state index contributed by atoms with van der Waals surface area (Å²) >= 11 is 0. The molecule has 6 heteroatoms. The van der Waals surface area contributed by atoms with Crippen LogP contribution in [0.5, 0.6) is 0 Å². The van der Waals surface area contributed by atoms with Crippen LogP contribution in [0, 0.1) is 17.5 Å². The van der Waals surface area contributed by atoms with Gasteiger partial charge in [0.25, 0.3) is 0 Å². The second-order valence-corrected chi connectivity index (χ2v) is 7.81. The van der Waals surface area contributed by atoms with Crippen LogP contribution in [-0.2, 0) is 6.54 Å². The van der Waals surface area contributed by atoms with Gasteiger partial charge in [-0.2, -0.15) is 0 Å². The molecule has 28 heavy (non-hydrogen) atoms. The molecular formula is C22H26F3N3. The molecule has 4 rings (SSSR count). The van der Waals surface area contributed by atoms with Crippen LogP contribution >= 0.6 is 0 Å². The van der Waals surface area contributed by atoms with Gasteiger partial charge < -0.3 is 4.90 Å². The number of anilines is 1. The highest BCUT2D eigenvalue weighted by atomic mass is 19.1. The van der Waals surface area contributed by atoms with E-state index in [1.807, 2.05) is 12.1 Å². The molecule has 2 fully saturated rings. The number of hydrogen-bond donors (Lipinski definition) is 0. The van der Waals surface area contributed by atoms with Crippen molar-refractivity contribution in [3.05, 3.63) is 65.5 Å². The van der Waals surface area contributed by atoms with E-state index >= 15 is 0 Å². The van der Waals surface area contributed by atoms with Crippen molar-refractivity contribution in [2.45, 2.75) is 25.4 Å². The van der Waals surface area contributed by atoms with Crippen molar-refractivity contribution in [3.8, 4) is 0 Å². The molecule has 1 atom stereocenters. The summed E-state index contributed by atoms with van der Waals surface area (Å²) in [4.78, 5) is 7.12. The Morgan fingerprint density at radius 1 is 0.786 bits per heavy atom. The molecule has 2 heterocycles. The van der Waals surface area contributed by atoms with Gasteiger partial charge in [-0.25, -0.2) is 13.2 Å². The molecule has 3 nitrogen and oxygen atoms in total. The van der Waals surface area contributed by atoms with E-state index in [4.69, 9.17) is 0 Å². The monoisotopic (exact) mass is 389 g/mol. The Labute approximate surface area is 164 Å². The first kappa shape index (κ1) is 19.3. The van der Waals surface area contributed by atoms with Crippen molar-refractivity contribution in [2.24, 2.45) is 0 Å². The van der Waals surface area contributed by atoms with Gasteiger partial charge in [-0.05, 0) is 61.3 Å². The number of hydrogen-bond acceptors (Lipinski definition) is 3. The predicted molar refractivity (Wildman–Crippen MR) is 105 cm³/mol. The molecule has 0 bridgehead atoms. The van der Waals surface area contributed by atoms with E-state index in [0.29, 0.717) is 18.2 Å². The Balaban J connectivity index is 1.32. The number of piperidine rings is 1. The molecule has 2 aromatic carbocycles. The van der Waals surface area contributed by atoms with Gasteiger partial charge in [0.2, 0.25) is 0 Å². The minimum Gasteiger partial charge on any atom is -0.369 e. The highest BCUT2D eigenvalue weighted by Gasteiger charge is 2.28. The van der Waals surface area contributed by atoms with Gasteiger partial charge in [-0.1, -0.05) is 0 Å². The van der Waals surface area contributed by atoms with Crippen molar-refractivity contribution >= 4 is 5.69 Å². The maximum absolute atomic E-state index is 13.5. The lowest BCUT2D eigenvalue weighted by Crippen LogP contribution is -2.55. The Morgan fingerprint density at radius 3 is 2.14 bits per heavy atom. The Morgan fingerprint density at radius 2 is 1.46 bits per heavy atom. The zero-order chi connectivity index (χ0) is 19.5. The van der Waals surface area contributed by atoms with E-state index in [2.05, 4.69) is 14.7 Å². The fourth-order valence-electron chi connectivity index (χ4n) is 4.43. The highest BCUT2D eigenvalue weighted by molar-refractivity contribution is 5.46. The van der Waals surface area contributed by atoms with E-state index in [1.54, 1.807) is 0 Å². The molecule has 2 saturated heterocycles. The average molecular weight is 389 g/mol. The summed E-state index contributed by atoms with van der Waals surface area (Å²) in [5.74, 6) is -1.23. The highest BCUT2D eigenvalue weighted by Crippen LogP contribution is 2.22. The van der Waals surface area contributed by atoms with E-state index < -0.39 is 11.6 Å². The van der Waals surface area contributed by atoms with Crippen LogP contribution in [-0.4, -0.2) is 55.1 Å². The summed E-state index contributed by atoms with van der Waals surface area (Å²) in [5, 5.41) is 0. The number of rotatable bonds is 4. The molecular weight excluding hydrogens is 363 g/mol. The first-order valence-corrected chi connectivity index (χ1v) is 9.99. The number of halogens is 3.